The molecule has 0 spiro atoms. The van der Waals surface area contributed by atoms with Crippen LogP contribution in [0.15, 0.2) is 36.8 Å². The molecule has 5 heteroatoms. The molecule has 1 aromatic carbocycles. The van der Waals surface area contributed by atoms with Crippen molar-refractivity contribution in [1.29, 1.82) is 0 Å². The number of aromatic nitrogens is 2. The summed E-state index contributed by atoms with van der Waals surface area (Å²) in [5.74, 6) is 0. The molecule has 102 valence electrons. The molecule has 0 amide bonds. The summed E-state index contributed by atoms with van der Waals surface area (Å²) in [5.41, 5.74) is 1.91. The van der Waals surface area contributed by atoms with Crippen molar-refractivity contribution in [1.82, 2.24) is 9.55 Å². The van der Waals surface area contributed by atoms with Gasteiger partial charge in [-0.15, -0.1) is 0 Å². The molecule has 2 rings (SSSR count). The molecule has 2 aromatic rings. The van der Waals surface area contributed by atoms with Crippen molar-refractivity contribution in [3.63, 3.8) is 0 Å². The van der Waals surface area contributed by atoms with Gasteiger partial charge in [-0.1, -0.05) is 18.5 Å². The van der Waals surface area contributed by atoms with Crippen LogP contribution >= 0.6 is 11.6 Å². The van der Waals surface area contributed by atoms with Crippen molar-refractivity contribution in [2.75, 3.05) is 11.9 Å². The highest BCUT2D eigenvalue weighted by molar-refractivity contribution is 6.30. The topological polar surface area (TPSA) is 50.1 Å². The summed E-state index contributed by atoms with van der Waals surface area (Å²) in [6.07, 6.45) is 4.62. The standard InChI is InChI=1S/C14H18ClN3O/c1-2-7-18-10-16-8-14(18)13(9-19)17-12-5-3-11(15)4-6-12/h3-6,8,10,13,17,19H,2,7,9H2,1H3. The zero-order valence-corrected chi connectivity index (χ0v) is 11.6. The maximum Gasteiger partial charge on any atom is 0.0948 e. The Morgan fingerprint density at radius 1 is 1.37 bits per heavy atom. The second kappa shape index (κ2) is 6.59. The van der Waals surface area contributed by atoms with Gasteiger partial charge >= 0.3 is 0 Å². The number of aliphatic hydroxyl groups excluding tert-OH is 1. The molecule has 0 radical (unpaired) electrons. The van der Waals surface area contributed by atoms with Crippen LogP contribution < -0.4 is 5.32 Å². The first-order valence-corrected chi connectivity index (χ1v) is 6.75. The molecule has 0 saturated heterocycles. The van der Waals surface area contributed by atoms with Crippen LogP contribution in [0.4, 0.5) is 5.69 Å². The number of nitrogens with one attached hydrogen (secondary N) is 1. The van der Waals surface area contributed by atoms with Gasteiger partial charge in [-0.05, 0) is 30.7 Å². The van der Waals surface area contributed by atoms with E-state index in [1.807, 2.05) is 24.3 Å². The highest BCUT2D eigenvalue weighted by Gasteiger charge is 2.14. The number of nitrogens with zero attached hydrogens (tertiary/aromatic N) is 2. The van der Waals surface area contributed by atoms with E-state index in [1.165, 1.54) is 0 Å². The van der Waals surface area contributed by atoms with Crippen LogP contribution in [-0.4, -0.2) is 21.3 Å². The van der Waals surface area contributed by atoms with E-state index in [4.69, 9.17) is 11.6 Å². The lowest BCUT2D eigenvalue weighted by molar-refractivity contribution is 0.271. The predicted molar refractivity (Wildman–Crippen MR) is 77.4 cm³/mol. The number of hydrogen-bond acceptors (Lipinski definition) is 3. The number of hydrogen-bond donors (Lipinski definition) is 2. The monoisotopic (exact) mass is 279 g/mol. The molecule has 0 saturated carbocycles. The molecule has 1 heterocycles. The fraction of sp³-hybridized carbons (Fsp3) is 0.357. The van der Waals surface area contributed by atoms with Gasteiger partial charge in [0, 0.05) is 17.3 Å². The van der Waals surface area contributed by atoms with Crippen molar-refractivity contribution >= 4 is 17.3 Å². The quantitative estimate of drug-likeness (QED) is 0.854. The number of imidazole rings is 1. The number of aryl methyl sites for hydroxylation is 1. The van der Waals surface area contributed by atoms with Crippen molar-refractivity contribution in [3.05, 3.63) is 47.5 Å². The van der Waals surface area contributed by atoms with Crippen LogP contribution in [0.25, 0.3) is 0 Å². The van der Waals surface area contributed by atoms with Crippen molar-refractivity contribution < 1.29 is 5.11 Å². The molecular weight excluding hydrogens is 262 g/mol. The molecule has 0 bridgehead atoms. The van der Waals surface area contributed by atoms with Gasteiger partial charge in [0.2, 0.25) is 0 Å². The molecule has 0 aliphatic carbocycles. The normalized spacial score (nSPS) is 12.4. The molecule has 0 fully saturated rings. The molecule has 2 N–H and O–H groups in total. The van der Waals surface area contributed by atoms with E-state index in [1.54, 1.807) is 12.5 Å². The van der Waals surface area contributed by atoms with Gasteiger partial charge in [-0.25, -0.2) is 4.98 Å². The molecule has 1 atom stereocenters. The maximum atomic E-state index is 9.58. The Hall–Kier alpha value is -1.52. The summed E-state index contributed by atoms with van der Waals surface area (Å²) in [4.78, 5) is 4.16. The van der Waals surface area contributed by atoms with E-state index in [9.17, 15) is 5.11 Å². The van der Waals surface area contributed by atoms with Crippen molar-refractivity contribution in [2.45, 2.75) is 25.9 Å². The lowest BCUT2D eigenvalue weighted by Gasteiger charge is -2.19. The summed E-state index contributed by atoms with van der Waals surface area (Å²) < 4.78 is 2.06. The summed E-state index contributed by atoms with van der Waals surface area (Å²) in [6, 6.07) is 7.26. The van der Waals surface area contributed by atoms with Crippen molar-refractivity contribution in [2.24, 2.45) is 0 Å². The van der Waals surface area contributed by atoms with E-state index >= 15 is 0 Å². The van der Waals surface area contributed by atoms with Crippen molar-refractivity contribution in [3.8, 4) is 0 Å². The van der Waals surface area contributed by atoms with Crippen LogP contribution in [0.5, 0.6) is 0 Å². The van der Waals surface area contributed by atoms with Gasteiger partial charge in [-0.3, -0.25) is 0 Å². The van der Waals surface area contributed by atoms with E-state index in [2.05, 4.69) is 21.8 Å². The first-order valence-electron chi connectivity index (χ1n) is 6.37. The van der Waals surface area contributed by atoms with Gasteiger partial charge in [0.15, 0.2) is 0 Å². The largest absolute Gasteiger partial charge is 0.394 e. The minimum absolute atomic E-state index is 0.0119. The third-order valence-corrected chi connectivity index (χ3v) is 3.19. The van der Waals surface area contributed by atoms with E-state index < -0.39 is 0 Å². The third-order valence-electron chi connectivity index (χ3n) is 2.93. The number of anilines is 1. The Morgan fingerprint density at radius 3 is 2.74 bits per heavy atom. The third kappa shape index (κ3) is 3.49. The Labute approximate surface area is 118 Å². The minimum atomic E-state index is -0.171. The van der Waals surface area contributed by atoms with Gasteiger partial charge in [0.05, 0.1) is 30.9 Å². The Bertz CT molecular complexity index is 510. The van der Waals surface area contributed by atoms with Crippen LogP contribution in [0.1, 0.15) is 25.1 Å². The maximum absolute atomic E-state index is 9.58. The summed E-state index contributed by atoms with van der Waals surface area (Å²) >= 11 is 5.86. The molecule has 4 nitrogen and oxygen atoms in total. The summed E-state index contributed by atoms with van der Waals surface area (Å²) in [5, 5.41) is 13.6. The number of rotatable bonds is 6. The molecule has 0 aliphatic rings. The average Bonchev–Trinajstić information content (AvgIpc) is 2.87. The fourth-order valence-electron chi connectivity index (χ4n) is 2.01. The second-order valence-corrected chi connectivity index (χ2v) is 4.83. The predicted octanol–water partition coefficient (Wildman–Crippen LogP) is 3.09. The Kier molecular flexibility index (Phi) is 4.82. The smallest absolute Gasteiger partial charge is 0.0948 e. The lowest BCUT2D eigenvalue weighted by atomic mass is 10.2. The van der Waals surface area contributed by atoms with E-state index in [0.717, 1.165) is 24.3 Å². The zero-order valence-electron chi connectivity index (χ0n) is 10.9. The first-order chi connectivity index (χ1) is 9.24. The van der Waals surface area contributed by atoms with Crippen LogP contribution in [0.3, 0.4) is 0 Å². The van der Waals surface area contributed by atoms with Gasteiger partial charge < -0.3 is 15.0 Å². The first kappa shape index (κ1) is 13.9. The van der Waals surface area contributed by atoms with Gasteiger partial charge in [-0.2, -0.15) is 0 Å². The Morgan fingerprint density at radius 2 is 2.11 bits per heavy atom. The number of aliphatic hydroxyl groups is 1. The molecular formula is C14H18ClN3O. The van der Waals surface area contributed by atoms with Gasteiger partial charge in [0.1, 0.15) is 0 Å². The highest BCUT2D eigenvalue weighted by Crippen LogP contribution is 2.21. The Balaban J connectivity index is 2.15. The average molecular weight is 280 g/mol. The lowest BCUT2D eigenvalue weighted by Crippen LogP contribution is -2.18. The molecule has 1 unspecified atom stereocenters. The SMILES string of the molecule is CCCn1cncc1C(CO)Nc1ccc(Cl)cc1. The number of benzene rings is 1. The van der Waals surface area contributed by atoms with Crippen LogP contribution in [0.2, 0.25) is 5.02 Å². The van der Waals surface area contributed by atoms with Gasteiger partial charge in [0.25, 0.3) is 0 Å². The molecule has 1 aromatic heterocycles. The highest BCUT2D eigenvalue weighted by atomic mass is 35.5. The van der Waals surface area contributed by atoms with E-state index in [-0.39, 0.29) is 12.6 Å². The minimum Gasteiger partial charge on any atom is -0.394 e. The van der Waals surface area contributed by atoms with E-state index in [0.29, 0.717) is 5.02 Å². The summed E-state index contributed by atoms with van der Waals surface area (Å²) in [7, 11) is 0. The fourth-order valence-corrected chi connectivity index (χ4v) is 2.14. The zero-order chi connectivity index (χ0) is 13.7. The second-order valence-electron chi connectivity index (χ2n) is 4.40. The van der Waals surface area contributed by atoms with Crippen LogP contribution in [-0.2, 0) is 6.54 Å². The number of halogens is 1. The van der Waals surface area contributed by atoms with Crippen LogP contribution in [0, 0.1) is 0 Å². The molecule has 0 aliphatic heterocycles. The molecule has 19 heavy (non-hydrogen) atoms. The summed E-state index contributed by atoms with van der Waals surface area (Å²) in [6.45, 7) is 3.02.